The number of hydrogen-bond acceptors (Lipinski definition) is 5. The maximum Gasteiger partial charge on any atom is 0.329 e. The van der Waals surface area contributed by atoms with Crippen molar-refractivity contribution in [1.82, 2.24) is 14.5 Å². The molecule has 1 saturated heterocycles. The molecule has 1 atom stereocenters. The number of piperidine rings is 1. The van der Waals surface area contributed by atoms with E-state index in [0.29, 0.717) is 24.9 Å². The van der Waals surface area contributed by atoms with E-state index in [0.717, 1.165) is 36.2 Å². The number of aliphatic carboxylic acids is 1. The molecule has 1 unspecified atom stereocenters. The van der Waals surface area contributed by atoms with Gasteiger partial charge < -0.3 is 10.0 Å². The highest BCUT2D eigenvalue weighted by Gasteiger charge is 2.32. The number of aromatic nitrogens is 2. The standard InChI is InChI=1S/C20H24N4O5/c1-22-18-12-4-2-10-23(11-3-5-17(26)27)13(12)6-7-14(18)24(20(22)29)15-8-9-16(25)21-19(15)28/h6-7,15H,2-5,8-11H2,1H3,(H,26,27)(H,21,25,28). The first-order chi connectivity index (χ1) is 13.9. The number of imide groups is 1. The van der Waals surface area contributed by atoms with E-state index in [1.165, 1.54) is 4.57 Å². The van der Waals surface area contributed by atoms with Gasteiger partial charge in [-0.3, -0.25) is 28.8 Å². The van der Waals surface area contributed by atoms with E-state index in [2.05, 4.69) is 10.2 Å². The van der Waals surface area contributed by atoms with Crippen LogP contribution in [0.5, 0.6) is 0 Å². The number of anilines is 1. The summed E-state index contributed by atoms with van der Waals surface area (Å²) in [5, 5.41) is 11.2. The van der Waals surface area contributed by atoms with Crippen LogP contribution in [0.25, 0.3) is 11.0 Å². The molecule has 3 heterocycles. The first-order valence-electron chi connectivity index (χ1n) is 9.91. The number of imidazole rings is 1. The molecule has 1 aromatic heterocycles. The number of carbonyl (C=O) groups is 3. The third-order valence-electron chi connectivity index (χ3n) is 5.86. The van der Waals surface area contributed by atoms with Gasteiger partial charge in [0.25, 0.3) is 0 Å². The molecule has 29 heavy (non-hydrogen) atoms. The quantitative estimate of drug-likeness (QED) is 0.722. The highest BCUT2D eigenvalue weighted by molar-refractivity contribution is 6.00. The third-order valence-corrected chi connectivity index (χ3v) is 5.86. The Morgan fingerprint density at radius 3 is 2.76 bits per heavy atom. The molecule has 0 aliphatic carbocycles. The fraction of sp³-hybridized carbons (Fsp3) is 0.500. The van der Waals surface area contributed by atoms with Crippen LogP contribution in [0, 0.1) is 0 Å². The summed E-state index contributed by atoms with van der Waals surface area (Å²) >= 11 is 0. The van der Waals surface area contributed by atoms with Crippen molar-refractivity contribution in [3.8, 4) is 0 Å². The van der Waals surface area contributed by atoms with Crippen molar-refractivity contribution >= 4 is 34.5 Å². The second-order valence-electron chi connectivity index (χ2n) is 7.70. The van der Waals surface area contributed by atoms with Gasteiger partial charge in [0.05, 0.1) is 11.0 Å². The molecule has 1 fully saturated rings. The van der Waals surface area contributed by atoms with E-state index >= 15 is 0 Å². The predicted molar refractivity (Wildman–Crippen MR) is 106 cm³/mol. The van der Waals surface area contributed by atoms with Gasteiger partial charge in [0.1, 0.15) is 6.04 Å². The van der Waals surface area contributed by atoms with Crippen molar-refractivity contribution in [1.29, 1.82) is 0 Å². The van der Waals surface area contributed by atoms with Gasteiger partial charge in [-0.05, 0) is 37.8 Å². The lowest BCUT2D eigenvalue weighted by Gasteiger charge is -2.32. The average Bonchev–Trinajstić information content (AvgIpc) is 2.93. The summed E-state index contributed by atoms with van der Waals surface area (Å²) in [6.07, 6.45) is 2.93. The average molecular weight is 400 g/mol. The van der Waals surface area contributed by atoms with E-state index in [1.54, 1.807) is 11.6 Å². The number of hydrogen-bond donors (Lipinski definition) is 2. The summed E-state index contributed by atoms with van der Waals surface area (Å²) in [7, 11) is 1.71. The molecule has 0 saturated carbocycles. The van der Waals surface area contributed by atoms with Crippen LogP contribution in [0.2, 0.25) is 0 Å². The number of fused-ring (bicyclic) bond motifs is 3. The number of nitrogens with one attached hydrogen (secondary N) is 1. The Morgan fingerprint density at radius 1 is 1.24 bits per heavy atom. The number of benzene rings is 1. The molecule has 9 nitrogen and oxygen atoms in total. The lowest BCUT2D eigenvalue weighted by Crippen LogP contribution is -2.44. The zero-order valence-corrected chi connectivity index (χ0v) is 16.3. The summed E-state index contributed by atoms with van der Waals surface area (Å²) in [5.74, 6) is -1.56. The second-order valence-corrected chi connectivity index (χ2v) is 7.70. The lowest BCUT2D eigenvalue weighted by atomic mass is 9.99. The summed E-state index contributed by atoms with van der Waals surface area (Å²) in [4.78, 5) is 49.9. The SMILES string of the molecule is Cn1c(=O)n(C2CCC(=O)NC2=O)c2ccc3c(c21)CCCN3CCCC(=O)O. The fourth-order valence-electron chi connectivity index (χ4n) is 4.54. The van der Waals surface area contributed by atoms with E-state index in [4.69, 9.17) is 5.11 Å². The van der Waals surface area contributed by atoms with Crippen LogP contribution in [-0.4, -0.2) is 45.1 Å². The predicted octanol–water partition coefficient (Wildman–Crippen LogP) is 0.935. The number of carboxylic acid groups (broad SMARTS) is 1. The topological polar surface area (TPSA) is 114 Å². The Kier molecular flexibility index (Phi) is 4.89. The molecule has 2 aromatic rings. The number of amides is 2. The minimum atomic E-state index is -0.804. The molecule has 4 rings (SSSR count). The maximum absolute atomic E-state index is 13.0. The van der Waals surface area contributed by atoms with Crippen LogP contribution in [0.15, 0.2) is 16.9 Å². The van der Waals surface area contributed by atoms with Gasteiger partial charge in [-0.2, -0.15) is 0 Å². The van der Waals surface area contributed by atoms with Crippen LogP contribution >= 0.6 is 0 Å². The van der Waals surface area contributed by atoms with Crippen molar-refractivity contribution < 1.29 is 19.5 Å². The second kappa shape index (κ2) is 7.38. The Morgan fingerprint density at radius 2 is 2.03 bits per heavy atom. The lowest BCUT2D eigenvalue weighted by molar-refractivity contribution is -0.137. The van der Waals surface area contributed by atoms with Crippen molar-refractivity contribution in [3.63, 3.8) is 0 Å². The zero-order chi connectivity index (χ0) is 20.7. The smallest absolute Gasteiger partial charge is 0.329 e. The minimum absolute atomic E-state index is 0.123. The van der Waals surface area contributed by atoms with Gasteiger partial charge in [-0.25, -0.2) is 4.79 Å². The van der Waals surface area contributed by atoms with E-state index in [-0.39, 0.29) is 24.4 Å². The number of aryl methyl sites for hydroxylation is 2. The third kappa shape index (κ3) is 3.30. The number of rotatable bonds is 5. The molecule has 0 bridgehead atoms. The van der Waals surface area contributed by atoms with Gasteiger partial charge in [-0.1, -0.05) is 0 Å². The number of nitrogens with zero attached hydrogens (tertiary/aromatic N) is 3. The Labute approximate surface area is 166 Å². The van der Waals surface area contributed by atoms with E-state index in [1.807, 2.05) is 12.1 Å². The molecule has 2 aliphatic rings. The first-order valence-corrected chi connectivity index (χ1v) is 9.91. The van der Waals surface area contributed by atoms with Gasteiger partial charge in [0.2, 0.25) is 11.8 Å². The monoisotopic (exact) mass is 400 g/mol. The minimum Gasteiger partial charge on any atom is -0.481 e. The van der Waals surface area contributed by atoms with Gasteiger partial charge in [-0.15, -0.1) is 0 Å². The Hall–Kier alpha value is -3.10. The normalized spacial score (nSPS) is 19.3. The maximum atomic E-state index is 13.0. The molecule has 1 aromatic carbocycles. The molecule has 2 aliphatic heterocycles. The molecule has 0 radical (unpaired) electrons. The number of carbonyl (C=O) groups excluding carboxylic acids is 2. The molecule has 0 spiro atoms. The van der Waals surface area contributed by atoms with Gasteiger partial charge in [0.15, 0.2) is 0 Å². The van der Waals surface area contributed by atoms with Crippen LogP contribution in [0.3, 0.4) is 0 Å². The van der Waals surface area contributed by atoms with Crippen molar-refractivity contribution in [3.05, 3.63) is 28.2 Å². The highest BCUT2D eigenvalue weighted by Crippen LogP contribution is 2.34. The number of carboxylic acids is 1. The zero-order valence-electron chi connectivity index (χ0n) is 16.3. The Bertz CT molecular complexity index is 1070. The van der Waals surface area contributed by atoms with Crippen molar-refractivity contribution in [2.45, 2.75) is 44.6 Å². The van der Waals surface area contributed by atoms with E-state index in [9.17, 15) is 19.2 Å². The molecule has 2 N–H and O–H groups in total. The highest BCUT2D eigenvalue weighted by atomic mass is 16.4. The summed E-state index contributed by atoms with van der Waals surface area (Å²) in [5.41, 5.74) is 3.30. The summed E-state index contributed by atoms with van der Waals surface area (Å²) in [6, 6.07) is 3.12. The molecule has 2 amide bonds. The Balaban J connectivity index is 1.76. The van der Waals surface area contributed by atoms with Crippen LogP contribution in [0.1, 0.15) is 43.7 Å². The molecule has 154 valence electrons. The summed E-state index contributed by atoms with van der Waals surface area (Å²) in [6.45, 7) is 1.49. The summed E-state index contributed by atoms with van der Waals surface area (Å²) < 4.78 is 3.08. The van der Waals surface area contributed by atoms with Crippen LogP contribution in [-0.2, 0) is 27.9 Å². The largest absolute Gasteiger partial charge is 0.481 e. The molecule has 9 heteroatoms. The molecular weight excluding hydrogens is 376 g/mol. The van der Waals surface area contributed by atoms with Gasteiger partial charge in [0, 0.05) is 44.2 Å². The molecular formula is C20H24N4O5. The van der Waals surface area contributed by atoms with E-state index < -0.39 is 17.9 Å². The first kappa shape index (κ1) is 19.2. The van der Waals surface area contributed by atoms with Crippen molar-refractivity contribution in [2.24, 2.45) is 7.05 Å². The van der Waals surface area contributed by atoms with Gasteiger partial charge >= 0.3 is 11.7 Å². The van der Waals surface area contributed by atoms with Crippen LogP contribution < -0.4 is 15.9 Å². The van der Waals surface area contributed by atoms with Crippen molar-refractivity contribution in [2.75, 3.05) is 18.0 Å². The fourth-order valence-corrected chi connectivity index (χ4v) is 4.54. The van der Waals surface area contributed by atoms with Crippen LogP contribution in [0.4, 0.5) is 5.69 Å².